The van der Waals surface area contributed by atoms with Crippen LogP contribution in [0.3, 0.4) is 0 Å². The van der Waals surface area contributed by atoms with Gasteiger partial charge in [0, 0.05) is 24.2 Å². The summed E-state index contributed by atoms with van der Waals surface area (Å²) in [6, 6.07) is 8.46. The molecule has 0 bridgehead atoms. The summed E-state index contributed by atoms with van der Waals surface area (Å²) < 4.78 is 7.55. The second-order valence-corrected chi connectivity index (χ2v) is 5.73. The van der Waals surface area contributed by atoms with E-state index in [0.29, 0.717) is 0 Å². The Hall–Kier alpha value is -1.48. The molecule has 3 nitrogen and oxygen atoms in total. The average molecular weight is 258 g/mol. The number of methoxy groups -OCH3 is 1. The highest BCUT2D eigenvalue weighted by Crippen LogP contribution is 2.37. The molecule has 0 saturated heterocycles. The lowest BCUT2D eigenvalue weighted by molar-refractivity contribution is 0.290. The number of hydrogen-bond donors (Lipinski definition) is 1. The van der Waals surface area contributed by atoms with Crippen LogP contribution in [0.5, 0.6) is 5.75 Å². The van der Waals surface area contributed by atoms with Crippen molar-refractivity contribution in [2.24, 2.45) is 12.8 Å². The Balaban J connectivity index is 2.11. The lowest BCUT2D eigenvalue weighted by atomic mass is 9.80. The molecule has 1 aliphatic carbocycles. The molecule has 0 amide bonds. The topological polar surface area (TPSA) is 40.2 Å². The Morgan fingerprint density at radius 1 is 1.16 bits per heavy atom. The molecule has 3 heteroatoms. The van der Waals surface area contributed by atoms with E-state index in [1.165, 1.54) is 35.9 Å². The van der Waals surface area contributed by atoms with Crippen LogP contribution in [0.25, 0.3) is 10.9 Å². The zero-order chi connectivity index (χ0) is 13.5. The fraction of sp³-hybridized carbons (Fsp3) is 0.500. The van der Waals surface area contributed by atoms with Gasteiger partial charge in [0.05, 0.1) is 18.2 Å². The summed E-state index contributed by atoms with van der Waals surface area (Å²) in [4.78, 5) is 0. The zero-order valence-electron chi connectivity index (χ0n) is 11.8. The molecular formula is C16H22N2O. The third-order valence-corrected chi connectivity index (χ3v) is 4.51. The van der Waals surface area contributed by atoms with Crippen LogP contribution in [0, 0.1) is 0 Å². The van der Waals surface area contributed by atoms with Gasteiger partial charge < -0.3 is 15.0 Å². The number of fused-ring (bicyclic) bond motifs is 1. The number of rotatable bonds is 2. The van der Waals surface area contributed by atoms with E-state index >= 15 is 0 Å². The molecule has 0 atom stereocenters. The van der Waals surface area contributed by atoms with Crippen molar-refractivity contribution in [3.05, 3.63) is 30.0 Å². The highest BCUT2D eigenvalue weighted by molar-refractivity contribution is 5.83. The van der Waals surface area contributed by atoms with Crippen LogP contribution in [0.15, 0.2) is 24.3 Å². The minimum Gasteiger partial charge on any atom is -0.497 e. The summed E-state index contributed by atoms with van der Waals surface area (Å²) in [7, 11) is 3.82. The SMILES string of the molecule is COc1ccc2cc(C3(N)CCCCC3)n(C)c2c1. The van der Waals surface area contributed by atoms with Crippen LogP contribution in [-0.4, -0.2) is 11.7 Å². The van der Waals surface area contributed by atoms with E-state index in [9.17, 15) is 0 Å². The maximum atomic E-state index is 6.66. The summed E-state index contributed by atoms with van der Waals surface area (Å²) in [5.41, 5.74) is 8.97. The van der Waals surface area contributed by atoms with Gasteiger partial charge in [0.1, 0.15) is 5.75 Å². The molecule has 0 unspecified atom stereocenters. The summed E-state index contributed by atoms with van der Waals surface area (Å²) >= 11 is 0. The van der Waals surface area contributed by atoms with Gasteiger partial charge in [-0.1, -0.05) is 19.3 Å². The molecule has 0 radical (unpaired) electrons. The minimum absolute atomic E-state index is 0.154. The van der Waals surface area contributed by atoms with E-state index in [1.807, 2.05) is 6.07 Å². The largest absolute Gasteiger partial charge is 0.497 e. The molecule has 1 aromatic carbocycles. The average Bonchev–Trinajstić information content (AvgIpc) is 2.77. The molecule has 0 aliphatic heterocycles. The zero-order valence-corrected chi connectivity index (χ0v) is 11.8. The Bertz CT molecular complexity index is 594. The number of hydrogen-bond acceptors (Lipinski definition) is 2. The molecule has 0 spiro atoms. The fourth-order valence-electron chi connectivity index (χ4n) is 3.35. The van der Waals surface area contributed by atoms with Crippen molar-refractivity contribution in [1.29, 1.82) is 0 Å². The highest BCUT2D eigenvalue weighted by Gasteiger charge is 2.32. The normalized spacial score (nSPS) is 18.7. The van der Waals surface area contributed by atoms with E-state index < -0.39 is 0 Å². The first kappa shape index (κ1) is 12.5. The second kappa shape index (κ2) is 4.57. The van der Waals surface area contributed by atoms with Gasteiger partial charge in [-0.3, -0.25) is 0 Å². The van der Waals surface area contributed by atoms with Crippen LogP contribution in [-0.2, 0) is 12.6 Å². The van der Waals surface area contributed by atoms with E-state index in [2.05, 4.69) is 29.8 Å². The van der Waals surface area contributed by atoms with Crippen molar-refractivity contribution in [2.45, 2.75) is 37.6 Å². The van der Waals surface area contributed by atoms with Gasteiger partial charge >= 0.3 is 0 Å². The van der Waals surface area contributed by atoms with E-state index in [4.69, 9.17) is 10.5 Å². The third-order valence-electron chi connectivity index (χ3n) is 4.51. The molecule has 102 valence electrons. The van der Waals surface area contributed by atoms with Gasteiger partial charge in [-0.05, 0) is 31.0 Å². The number of ether oxygens (including phenoxy) is 1. The Kier molecular flexibility index (Phi) is 3.02. The van der Waals surface area contributed by atoms with Crippen LogP contribution in [0.1, 0.15) is 37.8 Å². The smallest absolute Gasteiger partial charge is 0.120 e. The van der Waals surface area contributed by atoms with Crippen molar-refractivity contribution >= 4 is 10.9 Å². The van der Waals surface area contributed by atoms with Gasteiger partial charge in [0.2, 0.25) is 0 Å². The highest BCUT2D eigenvalue weighted by atomic mass is 16.5. The first-order valence-corrected chi connectivity index (χ1v) is 7.07. The second-order valence-electron chi connectivity index (χ2n) is 5.73. The third kappa shape index (κ3) is 2.02. The Labute approximate surface area is 114 Å². The standard InChI is InChI=1S/C16H22N2O/c1-18-14-11-13(19-2)7-6-12(14)10-15(18)16(17)8-4-3-5-9-16/h6-7,10-11H,3-5,8-9,17H2,1-2H3. The van der Waals surface area contributed by atoms with Crippen molar-refractivity contribution in [3.8, 4) is 5.75 Å². The lowest BCUT2D eigenvalue weighted by Crippen LogP contribution is -2.40. The first-order chi connectivity index (χ1) is 9.14. The molecule has 2 N–H and O–H groups in total. The molecule has 1 saturated carbocycles. The van der Waals surface area contributed by atoms with Crippen LogP contribution < -0.4 is 10.5 Å². The van der Waals surface area contributed by atoms with Crippen molar-refractivity contribution in [3.63, 3.8) is 0 Å². The van der Waals surface area contributed by atoms with E-state index in [-0.39, 0.29) is 5.54 Å². The summed E-state index contributed by atoms with van der Waals surface area (Å²) in [6.07, 6.45) is 5.97. The van der Waals surface area contributed by atoms with Gasteiger partial charge in [0.15, 0.2) is 0 Å². The van der Waals surface area contributed by atoms with Crippen molar-refractivity contribution in [2.75, 3.05) is 7.11 Å². The van der Waals surface area contributed by atoms with Gasteiger partial charge in [-0.15, -0.1) is 0 Å². The minimum atomic E-state index is -0.154. The summed E-state index contributed by atoms with van der Waals surface area (Å²) in [5.74, 6) is 0.898. The predicted molar refractivity (Wildman–Crippen MR) is 78.4 cm³/mol. The predicted octanol–water partition coefficient (Wildman–Crippen LogP) is 3.31. The number of nitrogens with two attached hydrogens (primary N) is 1. The lowest BCUT2D eigenvalue weighted by Gasteiger charge is -2.34. The van der Waals surface area contributed by atoms with E-state index in [1.54, 1.807) is 7.11 Å². The molecule has 1 heterocycles. The Morgan fingerprint density at radius 3 is 2.58 bits per heavy atom. The fourth-order valence-corrected chi connectivity index (χ4v) is 3.35. The molecule has 1 aromatic heterocycles. The molecule has 1 aliphatic rings. The maximum Gasteiger partial charge on any atom is 0.120 e. The molecular weight excluding hydrogens is 236 g/mol. The van der Waals surface area contributed by atoms with Crippen LogP contribution in [0.2, 0.25) is 0 Å². The molecule has 3 rings (SSSR count). The molecule has 19 heavy (non-hydrogen) atoms. The quantitative estimate of drug-likeness (QED) is 0.897. The van der Waals surface area contributed by atoms with Gasteiger partial charge in [-0.2, -0.15) is 0 Å². The van der Waals surface area contributed by atoms with E-state index in [0.717, 1.165) is 18.6 Å². The maximum absolute atomic E-state index is 6.66. The summed E-state index contributed by atoms with van der Waals surface area (Å²) in [6.45, 7) is 0. The number of nitrogens with zero attached hydrogens (tertiary/aromatic N) is 1. The van der Waals surface area contributed by atoms with Crippen molar-refractivity contribution < 1.29 is 4.74 Å². The number of benzene rings is 1. The molecule has 1 fully saturated rings. The van der Waals surface area contributed by atoms with Crippen LogP contribution >= 0.6 is 0 Å². The Morgan fingerprint density at radius 2 is 1.89 bits per heavy atom. The van der Waals surface area contributed by atoms with Gasteiger partial charge in [0.25, 0.3) is 0 Å². The van der Waals surface area contributed by atoms with Crippen LogP contribution in [0.4, 0.5) is 0 Å². The number of aryl methyl sites for hydroxylation is 1. The summed E-state index contributed by atoms with van der Waals surface area (Å²) in [5, 5.41) is 1.24. The van der Waals surface area contributed by atoms with Crippen molar-refractivity contribution in [1.82, 2.24) is 4.57 Å². The molecule has 2 aromatic rings. The van der Waals surface area contributed by atoms with Gasteiger partial charge in [-0.25, -0.2) is 0 Å². The monoisotopic (exact) mass is 258 g/mol. The number of aromatic nitrogens is 1. The first-order valence-electron chi connectivity index (χ1n) is 7.07.